The number of benzene rings is 1. The van der Waals surface area contributed by atoms with Crippen LogP contribution in [0.5, 0.6) is 0 Å². The van der Waals surface area contributed by atoms with Crippen molar-refractivity contribution in [3.8, 4) is 0 Å². The number of nitrogens with two attached hydrogens (primary N) is 3. The van der Waals surface area contributed by atoms with Crippen molar-refractivity contribution in [3.05, 3.63) is 40.9 Å². The molecule has 2 saturated heterocycles. The number of carbonyl (C=O) groups is 8. The fourth-order valence-electron chi connectivity index (χ4n) is 6.55. The predicted molar refractivity (Wildman–Crippen MR) is 218 cm³/mol. The Balaban J connectivity index is 1.65. The molecular weight excluding hydrogens is 813 g/mol. The number of nitrogens with zero attached hydrogens (tertiary/aromatic N) is 4. The minimum absolute atomic E-state index is 0.0222. The highest BCUT2D eigenvalue weighted by molar-refractivity contribution is 8.76. The topological polar surface area (TPSA) is 345 Å². The summed E-state index contributed by atoms with van der Waals surface area (Å²) in [6.45, 7) is -0.354. The van der Waals surface area contributed by atoms with Crippen molar-refractivity contribution in [2.75, 3.05) is 31.1 Å². The number of primary amides is 1. The molecule has 0 spiro atoms. The lowest BCUT2D eigenvalue weighted by molar-refractivity contribution is -0.143. The minimum Gasteiger partial charge on any atom is -0.481 e. The van der Waals surface area contributed by atoms with E-state index in [0.717, 1.165) is 4.68 Å². The first-order chi connectivity index (χ1) is 28.2. The summed E-state index contributed by atoms with van der Waals surface area (Å²) in [5.41, 5.74) is 17.2. The first-order valence-corrected chi connectivity index (χ1v) is 21.2. The Labute approximate surface area is 345 Å². The lowest BCUT2D eigenvalue weighted by atomic mass is 10.0. The Hall–Kier alpha value is -5.91. The number of para-hydroxylation sites is 1. The highest BCUT2D eigenvalue weighted by atomic mass is 33.1. The lowest BCUT2D eigenvalue weighted by Gasteiger charge is -2.30. The Kier molecular flexibility index (Phi) is 17.3. The second kappa shape index (κ2) is 22.3. The summed E-state index contributed by atoms with van der Waals surface area (Å²) in [7, 11) is 2.40. The monoisotopic (exact) mass is 860 g/mol. The maximum absolute atomic E-state index is 14.4. The summed E-state index contributed by atoms with van der Waals surface area (Å²) in [4.78, 5) is 122. The van der Waals surface area contributed by atoms with Crippen LogP contribution in [-0.4, -0.2) is 129 Å². The van der Waals surface area contributed by atoms with E-state index in [-0.39, 0.29) is 56.2 Å². The second-order valence-electron chi connectivity index (χ2n) is 13.7. The summed E-state index contributed by atoms with van der Waals surface area (Å²) in [6, 6.07) is 0.112. The zero-order valence-electron chi connectivity index (χ0n) is 31.9. The van der Waals surface area contributed by atoms with Gasteiger partial charge in [0.05, 0.1) is 23.8 Å². The molecule has 5 atom stereocenters. The van der Waals surface area contributed by atoms with Gasteiger partial charge < -0.3 is 53.8 Å². The number of aliphatic carboxylic acids is 1. The number of aromatic nitrogens is 1. The highest BCUT2D eigenvalue weighted by Gasteiger charge is 2.40. The summed E-state index contributed by atoms with van der Waals surface area (Å²) < 4.78 is 1.05. The number of hydrogen-bond acceptors (Lipinski definition) is 13. The SMILES string of the molecule is NC(=O)C1CSSCCC(=O)N[C@@H](CCCCN=C(N)N)C(=O)NCC(=O)N[C@@H](CC(=O)O)C(=O)N[C@@H](Cc2cn(N=O)c3ccccc23)C(=O)N2CCC[C@H]2C(=O)N1. The highest BCUT2D eigenvalue weighted by Crippen LogP contribution is 2.26. The molecule has 1 aromatic carbocycles. The van der Waals surface area contributed by atoms with Crippen molar-refractivity contribution in [2.45, 2.75) is 81.6 Å². The number of rotatable bonds is 11. The Bertz CT molecular complexity index is 1940. The molecule has 22 nitrogen and oxygen atoms in total. The lowest BCUT2D eigenvalue weighted by Crippen LogP contribution is -2.59. The molecule has 2 fully saturated rings. The fourth-order valence-corrected chi connectivity index (χ4v) is 8.72. The van der Waals surface area contributed by atoms with Crippen molar-refractivity contribution in [1.82, 2.24) is 36.2 Å². The van der Waals surface area contributed by atoms with Crippen LogP contribution in [0.25, 0.3) is 10.9 Å². The zero-order chi connectivity index (χ0) is 43.1. The van der Waals surface area contributed by atoms with Crippen LogP contribution in [0.1, 0.15) is 50.5 Å². The molecule has 320 valence electrons. The summed E-state index contributed by atoms with van der Waals surface area (Å²) in [6.07, 6.45) is 1.76. The molecule has 0 aliphatic carbocycles. The average Bonchev–Trinajstić information content (AvgIpc) is 3.82. The zero-order valence-corrected chi connectivity index (χ0v) is 33.6. The number of fused-ring (bicyclic) bond motifs is 2. The van der Waals surface area contributed by atoms with Gasteiger partial charge in [0.2, 0.25) is 41.4 Å². The first-order valence-electron chi connectivity index (χ1n) is 18.7. The van der Waals surface area contributed by atoms with E-state index in [0.29, 0.717) is 35.7 Å². The van der Waals surface area contributed by atoms with E-state index in [1.54, 1.807) is 24.3 Å². The van der Waals surface area contributed by atoms with E-state index in [4.69, 9.17) is 17.2 Å². The minimum atomic E-state index is -1.75. The molecule has 3 heterocycles. The van der Waals surface area contributed by atoms with Gasteiger partial charge in [0.1, 0.15) is 30.2 Å². The second-order valence-corrected chi connectivity index (χ2v) is 16.4. The smallest absolute Gasteiger partial charge is 0.305 e. The fraction of sp³-hybridized carbons (Fsp3) is 0.514. The molecule has 2 aromatic rings. The maximum Gasteiger partial charge on any atom is 0.305 e. The van der Waals surface area contributed by atoms with Crippen LogP contribution < -0.4 is 43.8 Å². The van der Waals surface area contributed by atoms with Gasteiger partial charge in [-0.25, -0.2) is 4.68 Å². The van der Waals surface area contributed by atoms with Gasteiger partial charge in [0.25, 0.3) is 0 Å². The van der Waals surface area contributed by atoms with Gasteiger partial charge >= 0.3 is 5.97 Å². The number of nitrogens with one attached hydrogen (secondary N) is 5. The number of hydrogen-bond donors (Lipinski definition) is 9. The van der Waals surface area contributed by atoms with Crippen LogP contribution in [-0.2, 0) is 44.8 Å². The summed E-state index contributed by atoms with van der Waals surface area (Å²) in [5, 5.41) is 25.7. The first kappa shape index (κ1) is 45.8. The quantitative estimate of drug-likeness (QED) is 0.0386. The molecule has 1 unspecified atom stereocenters. The molecule has 4 rings (SSSR count). The average molecular weight is 861 g/mol. The van der Waals surface area contributed by atoms with Gasteiger partial charge in [-0.3, -0.25) is 43.3 Å². The van der Waals surface area contributed by atoms with Gasteiger partial charge in [-0.2, -0.15) is 0 Å². The third kappa shape index (κ3) is 13.6. The molecule has 2 aliphatic heterocycles. The molecule has 7 amide bonds. The standard InChI is InChI=1S/C35H48N12O10S2/c36-30(52)24-18-59-58-13-10-27(48)41-21(7-3-4-11-39-35(37)38)31(53)40-16-28(49)42-22(15-29(50)51)32(54)43-23(34(56)46-12-5-9-26(46)33(55)44-24)14-19-17-47(45-57)25-8-2-1-6-20(19)25/h1-2,6,8,17,21-24,26H,3-5,7,9-16,18H2,(H2,36,52)(H,40,53)(H,41,48)(H,42,49)(H,43,54)(H,44,55)(H,50,51)(H4,37,38,39)/t21-,22-,23-,24?,26-/m0/s1. The Morgan fingerprint density at radius 2 is 1.63 bits per heavy atom. The number of guanidine groups is 1. The third-order valence-electron chi connectivity index (χ3n) is 9.43. The molecule has 12 N–H and O–H groups in total. The molecular formula is C35H48N12O10S2. The van der Waals surface area contributed by atoms with E-state index in [1.807, 2.05) is 0 Å². The number of nitroso groups, excluding NO2 is 1. The normalized spacial score (nSPS) is 23.2. The summed E-state index contributed by atoms with van der Waals surface area (Å²) >= 11 is 0. The predicted octanol–water partition coefficient (Wildman–Crippen LogP) is -2.05. The molecule has 1 aromatic heterocycles. The van der Waals surface area contributed by atoms with Crippen LogP contribution in [0.2, 0.25) is 0 Å². The number of amides is 7. The van der Waals surface area contributed by atoms with Crippen molar-refractivity contribution in [3.63, 3.8) is 0 Å². The van der Waals surface area contributed by atoms with Crippen molar-refractivity contribution >= 4 is 85.8 Å². The Morgan fingerprint density at radius 1 is 0.881 bits per heavy atom. The third-order valence-corrected chi connectivity index (χ3v) is 11.8. The van der Waals surface area contributed by atoms with Gasteiger partial charge in [-0.15, -0.1) is 4.91 Å². The van der Waals surface area contributed by atoms with Gasteiger partial charge in [-0.1, -0.05) is 39.8 Å². The molecule has 2 aliphatic rings. The van der Waals surface area contributed by atoms with E-state index in [9.17, 15) is 48.4 Å². The number of carboxylic acids is 1. The maximum atomic E-state index is 14.4. The van der Waals surface area contributed by atoms with Crippen molar-refractivity contribution in [2.24, 2.45) is 27.5 Å². The number of aliphatic imine (C=N–C) groups is 1. The van der Waals surface area contributed by atoms with Crippen molar-refractivity contribution < 1.29 is 43.5 Å². The van der Waals surface area contributed by atoms with E-state index in [1.165, 1.54) is 32.7 Å². The molecule has 24 heteroatoms. The van der Waals surface area contributed by atoms with E-state index < -0.39 is 90.5 Å². The van der Waals surface area contributed by atoms with Crippen LogP contribution in [0.4, 0.5) is 0 Å². The van der Waals surface area contributed by atoms with E-state index >= 15 is 0 Å². The number of carbonyl (C=O) groups excluding carboxylic acids is 7. The largest absolute Gasteiger partial charge is 0.481 e. The molecule has 0 radical (unpaired) electrons. The van der Waals surface area contributed by atoms with Gasteiger partial charge in [0.15, 0.2) is 5.96 Å². The molecule has 0 saturated carbocycles. The summed E-state index contributed by atoms with van der Waals surface area (Å²) in [5.74, 6) is -6.81. The van der Waals surface area contributed by atoms with Crippen LogP contribution in [0.3, 0.4) is 0 Å². The van der Waals surface area contributed by atoms with Crippen LogP contribution in [0, 0.1) is 4.91 Å². The number of carboxylic acid groups (broad SMARTS) is 1. The molecule has 0 bridgehead atoms. The van der Waals surface area contributed by atoms with Gasteiger partial charge in [0, 0.05) is 49.0 Å². The van der Waals surface area contributed by atoms with E-state index in [2.05, 4.69) is 36.9 Å². The number of unbranched alkanes of at least 4 members (excludes halogenated alkanes) is 1. The van der Waals surface area contributed by atoms with Crippen molar-refractivity contribution in [1.29, 1.82) is 0 Å². The molecule has 59 heavy (non-hydrogen) atoms. The van der Waals surface area contributed by atoms with Crippen LogP contribution >= 0.6 is 21.6 Å². The Morgan fingerprint density at radius 3 is 2.34 bits per heavy atom. The van der Waals surface area contributed by atoms with Gasteiger partial charge in [-0.05, 0) is 43.7 Å². The van der Waals surface area contributed by atoms with Crippen LogP contribution in [0.15, 0.2) is 40.7 Å².